The third-order valence-corrected chi connectivity index (χ3v) is 2.39. The molecule has 0 N–H and O–H groups in total. The summed E-state index contributed by atoms with van der Waals surface area (Å²) in [6, 6.07) is 2.09. The number of hydrogen-bond acceptors (Lipinski definition) is 2. The molecule has 0 saturated carbocycles. The van der Waals surface area contributed by atoms with Crippen LogP contribution < -0.4 is 29.6 Å². The zero-order valence-corrected chi connectivity index (χ0v) is 9.31. The molecule has 0 aliphatic rings. The molecule has 0 fully saturated rings. The minimum atomic E-state index is 0. The van der Waals surface area contributed by atoms with E-state index in [1.165, 1.54) is 5.56 Å². The molecule has 0 spiro atoms. The molecule has 1 aromatic rings. The fraction of sp³-hybridized carbons (Fsp3) is 0.333. The van der Waals surface area contributed by atoms with Crippen LogP contribution in [0.1, 0.15) is 12.5 Å². The van der Waals surface area contributed by atoms with Crippen LogP contribution in [0.5, 0.6) is 0 Å². The maximum absolute atomic E-state index is 5.00. The molecule has 0 bridgehead atoms. The van der Waals surface area contributed by atoms with Gasteiger partial charge in [0.15, 0.2) is 0 Å². The van der Waals surface area contributed by atoms with Gasteiger partial charge in [-0.15, -0.1) is 9.59 Å². The van der Waals surface area contributed by atoms with Crippen LogP contribution in [0.15, 0.2) is 15.7 Å². The Labute approximate surface area is 87.4 Å². The average molecular weight is 166 g/mol. The van der Waals surface area contributed by atoms with E-state index >= 15 is 0 Å². The van der Waals surface area contributed by atoms with E-state index in [0.29, 0.717) is 0 Å². The molecular formula is C6H7NaS2. The van der Waals surface area contributed by atoms with Gasteiger partial charge >= 0.3 is 29.6 Å². The summed E-state index contributed by atoms with van der Waals surface area (Å²) in [5.74, 6) is 0. The van der Waals surface area contributed by atoms with Crippen LogP contribution in [-0.4, -0.2) is 0 Å². The van der Waals surface area contributed by atoms with E-state index in [-0.39, 0.29) is 29.6 Å². The van der Waals surface area contributed by atoms with Gasteiger partial charge in [-0.25, -0.2) is 0 Å². The second kappa shape index (κ2) is 4.69. The van der Waals surface area contributed by atoms with Gasteiger partial charge in [-0.05, 0) is 6.42 Å². The van der Waals surface area contributed by atoms with E-state index in [4.69, 9.17) is 12.6 Å². The van der Waals surface area contributed by atoms with Gasteiger partial charge in [0.05, 0.1) is 0 Å². The van der Waals surface area contributed by atoms with E-state index in [1.807, 2.05) is 5.38 Å². The standard InChI is InChI=1S/C6H8S2.Na/c1-2-5-3-4-8-6(5)7;/h3-4,7H,2H2,1H3;/q;+1/p-1. The molecule has 0 aromatic carbocycles. The van der Waals surface area contributed by atoms with Crippen molar-refractivity contribution in [3.8, 4) is 0 Å². The van der Waals surface area contributed by atoms with Crippen LogP contribution in [0.25, 0.3) is 0 Å². The van der Waals surface area contributed by atoms with Crippen LogP contribution in [0.2, 0.25) is 0 Å². The largest absolute Gasteiger partial charge is 1.00 e. The molecule has 0 unspecified atom stereocenters. The van der Waals surface area contributed by atoms with Gasteiger partial charge < -0.3 is 24.0 Å². The summed E-state index contributed by atoms with van der Waals surface area (Å²) in [5, 5.41) is 2.04. The summed E-state index contributed by atoms with van der Waals surface area (Å²) in [6.07, 6.45) is 1.07. The van der Waals surface area contributed by atoms with Gasteiger partial charge in [-0.1, -0.05) is 18.6 Å². The Morgan fingerprint density at radius 1 is 1.67 bits per heavy atom. The summed E-state index contributed by atoms with van der Waals surface area (Å²) < 4.78 is 1.05. The monoisotopic (exact) mass is 166 g/mol. The van der Waals surface area contributed by atoms with Gasteiger partial charge in [0.1, 0.15) is 0 Å². The molecule has 0 radical (unpaired) electrons. The Morgan fingerprint density at radius 2 is 2.33 bits per heavy atom. The quantitative estimate of drug-likeness (QED) is 0.389. The van der Waals surface area contributed by atoms with Gasteiger partial charge in [-0.2, -0.15) is 0 Å². The second-order valence-electron chi connectivity index (χ2n) is 1.59. The minimum absolute atomic E-state index is 0. The Bertz CT molecular complexity index is 171. The predicted molar refractivity (Wildman–Crippen MR) is 39.3 cm³/mol. The molecule has 9 heavy (non-hydrogen) atoms. The van der Waals surface area contributed by atoms with Crippen LogP contribution in [0.4, 0.5) is 0 Å². The molecule has 1 aromatic heterocycles. The third-order valence-electron chi connectivity index (χ3n) is 1.09. The number of hydrogen-bond donors (Lipinski definition) is 0. The second-order valence-corrected chi connectivity index (χ2v) is 3.17. The number of thiophene rings is 1. The van der Waals surface area contributed by atoms with Gasteiger partial charge in [-0.3, -0.25) is 0 Å². The van der Waals surface area contributed by atoms with Crippen molar-refractivity contribution in [2.24, 2.45) is 0 Å². The topological polar surface area (TPSA) is 0 Å². The van der Waals surface area contributed by atoms with Crippen molar-refractivity contribution < 1.29 is 29.6 Å². The van der Waals surface area contributed by atoms with Gasteiger partial charge in [0.25, 0.3) is 0 Å². The molecule has 1 heterocycles. The van der Waals surface area contributed by atoms with Crippen molar-refractivity contribution >= 4 is 24.0 Å². The fourth-order valence-electron chi connectivity index (χ4n) is 0.584. The first-order valence-corrected chi connectivity index (χ1v) is 3.86. The van der Waals surface area contributed by atoms with Crippen LogP contribution in [0.3, 0.4) is 0 Å². The molecule has 1 rings (SSSR count). The first-order chi connectivity index (χ1) is 3.84. The Kier molecular flexibility index (Phi) is 5.17. The summed E-state index contributed by atoms with van der Waals surface area (Å²) in [6.45, 7) is 2.12. The molecule has 0 aliphatic carbocycles. The summed E-state index contributed by atoms with van der Waals surface area (Å²) in [4.78, 5) is 0. The minimum Gasteiger partial charge on any atom is -0.428 e. The summed E-state index contributed by atoms with van der Waals surface area (Å²) >= 11 is 6.65. The fourth-order valence-corrected chi connectivity index (χ4v) is 1.68. The zero-order valence-electron chi connectivity index (χ0n) is 5.68. The molecule has 3 heteroatoms. The Balaban J connectivity index is 0.000000640. The predicted octanol–water partition coefficient (Wildman–Crippen LogP) is -0.780. The molecule has 0 atom stereocenters. The normalized spacial score (nSPS) is 8.56. The molecule has 0 amide bonds. The Morgan fingerprint density at radius 3 is 2.56 bits per heavy atom. The first-order valence-electron chi connectivity index (χ1n) is 2.58. The molecule has 0 saturated heterocycles. The maximum atomic E-state index is 5.00. The maximum Gasteiger partial charge on any atom is 1.00 e. The van der Waals surface area contributed by atoms with Gasteiger partial charge in [0.2, 0.25) is 0 Å². The van der Waals surface area contributed by atoms with Crippen molar-refractivity contribution in [3.63, 3.8) is 0 Å². The van der Waals surface area contributed by atoms with Crippen molar-refractivity contribution in [3.05, 3.63) is 17.0 Å². The summed E-state index contributed by atoms with van der Waals surface area (Å²) in [7, 11) is 0. The van der Waals surface area contributed by atoms with Crippen molar-refractivity contribution in [1.29, 1.82) is 0 Å². The van der Waals surface area contributed by atoms with Gasteiger partial charge in [0, 0.05) is 0 Å². The summed E-state index contributed by atoms with van der Waals surface area (Å²) in [5.41, 5.74) is 1.31. The van der Waals surface area contributed by atoms with E-state index in [2.05, 4.69) is 13.0 Å². The van der Waals surface area contributed by atoms with Crippen LogP contribution >= 0.6 is 11.3 Å². The van der Waals surface area contributed by atoms with E-state index in [1.54, 1.807) is 11.3 Å². The molecule has 0 aliphatic heterocycles. The Hall–Kier alpha value is 0.920. The number of rotatable bonds is 1. The van der Waals surface area contributed by atoms with Crippen LogP contribution in [-0.2, 0) is 19.0 Å². The van der Waals surface area contributed by atoms with E-state index in [9.17, 15) is 0 Å². The van der Waals surface area contributed by atoms with E-state index in [0.717, 1.165) is 10.6 Å². The van der Waals surface area contributed by atoms with Crippen molar-refractivity contribution in [2.75, 3.05) is 0 Å². The SMILES string of the molecule is CCc1ccsc1[S-].[Na+]. The van der Waals surface area contributed by atoms with Crippen molar-refractivity contribution in [2.45, 2.75) is 17.6 Å². The molecular weight excluding hydrogens is 159 g/mol. The third kappa shape index (κ3) is 2.56. The van der Waals surface area contributed by atoms with Crippen molar-refractivity contribution in [1.82, 2.24) is 0 Å². The van der Waals surface area contributed by atoms with E-state index < -0.39 is 0 Å². The van der Waals surface area contributed by atoms with Crippen LogP contribution in [0, 0.1) is 0 Å². The first kappa shape index (κ1) is 9.92. The smallest absolute Gasteiger partial charge is 0.428 e. The number of aryl methyl sites for hydroxylation is 1. The molecule has 0 nitrogen and oxygen atoms in total. The zero-order chi connectivity index (χ0) is 5.98. The molecule has 44 valence electrons. The average Bonchev–Trinajstić information content (AvgIpc) is 2.14.